The molecule has 0 unspecified atom stereocenters. The van der Waals surface area contributed by atoms with E-state index in [4.69, 9.17) is 18.9 Å². The number of carbonyl (C=O) groups is 2. The molecule has 0 aliphatic carbocycles. The summed E-state index contributed by atoms with van der Waals surface area (Å²) < 4.78 is 21.7. The molecule has 0 spiro atoms. The van der Waals surface area contributed by atoms with Crippen LogP contribution in [0.1, 0.15) is 17.3 Å². The number of fused-ring (bicyclic) bond motifs is 1. The second-order valence-electron chi connectivity index (χ2n) is 5.78. The molecule has 0 radical (unpaired) electrons. The van der Waals surface area contributed by atoms with Gasteiger partial charge in [-0.15, -0.1) is 0 Å². The third-order valence-corrected chi connectivity index (χ3v) is 4.80. The lowest BCUT2D eigenvalue weighted by Gasteiger charge is -2.09. The third kappa shape index (κ3) is 4.94. The molecule has 0 aliphatic rings. The molecule has 152 valence electrons. The average molecular weight is 416 g/mol. The maximum absolute atomic E-state index is 12.2. The van der Waals surface area contributed by atoms with Crippen LogP contribution >= 0.6 is 11.3 Å². The lowest BCUT2D eigenvalue weighted by molar-refractivity contribution is -0.119. The number of nitrogens with one attached hydrogen (secondary N) is 1. The molecule has 0 saturated heterocycles. The average Bonchev–Trinajstić information content (AvgIpc) is 3.13. The minimum Gasteiger partial charge on any atom is -0.494 e. The molecule has 0 bridgehead atoms. The van der Waals surface area contributed by atoms with Gasteiger partial charge in [-0.05, 0) is 43.3 Å². The molecule has 2 aromatic carbocycles. The number of ether oxygens (including phenoxy) is 4. The van der Waals surface area contributed by atoms with Crippen molar-refractivity contribution in [1.29, 1.82) is 0 Å². The zero-order valence-corrected chi connectivity index (χ0v) is 17.0. The van der Waals surface area contributed by atoms with Gasteiger partial charge in [-0.25, -0.2) is 9.78 Å². The second kappa shape index (κ2) is 9.24. The van der Waals surface area contributed by atoms with Crippen LogP contribution in [0.15, 0.2) is 36.4 Å². The van der Waals surface area contributed by atoms with Crippen molar-refractivity contribution in [3.05, 3.63) is 42.0 Å². The standard InChI is InChI=1S/C20H20N2O6S/c1-4-27-13-6-7-14-17(10-13)29-20(21-14)22-18(23)11-28-19(24)12-5-8-15(25-2)16(9-12)26-3/h5-10H,4,11H2,1-3H3,(H,21,22,23). The summed E-state index contributed by atoms with van der Waals surface area (Å²) in [5.74, 6) is 0.498. The van der Waals surface area contributed by atoms with Gasteiger partial charge in [0.15, 0.2) is 23.2 Å². The lowest BCUT2D eigenvalue weighted by Crippen LogP contribution is -2.20. The highest BCUT2D eigenvalue weighted by atomic mass is 32.1. The number of methoxy groups -OCH3 is 2. The van der Waals surface area contributed by atoms with Gasteiger partial charge in [0.1, 0.15) is 5.75 Å². The summed E-state index contributed by atoms with van der Waals surface area (Å²) in [5, 5.41) is 3.05. The van der Waals surface area contributed by atoms with E-state index in [1.165, 1.54) is 37.7 Å². The molecule has 0 atom stereocenters. The lowest BCUT2D eigenvalue weighted by atomic mass is 10.2. The first-order valence-electron chi connectivity index (χ1n) is 8.76. The van der Waals surface area contributed by atoms with Crippen LogP contribution in [0.25, 0.3) is 10.2 Å². The van der Waals surface area contributed by atoms with Crippen LogP contribution in [0, 0.1) is 0 Å². The van der Waals surface area contributed by atoms with E-state index < -0.39 is 18.5 Å². The van der Waals surface area contributed by atoms with Gasteiger partial charge in [0.05, 0.1) is 36.6 Å². The van der Waals surface area contributed by atoms with Crippen molar-refractivity contribution in [3.63, 3.8) is 0 Å². The molecule has 0 aliphatic heterocycles. The Balaban J connectivity index is 1.59. The molecular formula is C20H20N2O6S. The van der Waals surface area contributed by atoms with Crippen molar-refractivity contribution in [2.45, 2.75) is 6.92 Å². The van der Waals surface area contributed by atoms with Crippen molar-refractivity contribution in [2.75, 3.05) is 32.8 Å². The summed E-state index contributed by atoms with van der Waals surface area (Å²) in [5.41, 5.74) is 0.995. The number of amides is 1. The fourth-order valence-electron chi connectivity index (χ4n) is 2.55. The van der Waals surface area contributed by atoms with E-state index in [1.54, 1.807) is 6.07 Å². The highest BCUT2D eigenvalue weighted by Gasteiger charge is 2.15. The molecule has 1 amide bonds. The smallest absolute Gasteiger partial charge is 0.338 e. The SMILES string of the molecule is CCOc1ccc2nc(NC(=O)COC(=O)c3ccc(OC)c(OC)c3)sc2c1. The minimum atomic E-state index is -0.647. The number of anilines is 1. The summed E-state index contributed by atoms with van der Waals surface area (Å²) in [6.07, 6.45) is 0. The van der Waals surface area contributed by atoms with Gasteiger partial charge < -0.3 is 18.9 Å². The maximum atomic E-state index is 12.2. The summed E-state index contributed by atoms with van der Waals surface area (Å²) in [6.45, 7) is 2.04. The highest BCUT2D eigenvalue weighted by Crippen LogP contribution is 2.29. The second-order valence-corrected chi connectivity index (χ2v) is 6.81. The van der Waals surface area contributed by atoms with Crippen molar-refractivity contribution in [2.24, 2.45) is 0 Å². The van der Waals surface area contributed by atoms with Crippen molar-refractivity contribution >= 4 is 38.6 Å². The minimum absolute atomic E-state index is 0.249. The van der Waals surface area contributed by atoms with E-state index in [9.17, 15) is 9.59 Å². The number of benzene rings is 2. The highest BCUT2D eigenvalue weighted by molar-refractivity contribution is 7.22. The first kappa shape index (κ1) is 20.4. The first-order chi connectivity index (χ1) is 14.0. The molecule has 1 aromatic heterocycles. The first-order valence-corrected chi connectivity index (χ1v) is 9.58. The number of rotatable bonds is 8. The van der Waals surface area contributed by atoms with E-state index in [0.717, 1.165) is 16.0 Å². The van der Waals surface area contributed by atoms with Gasteiger partial charge in [-0.1, -0.05) is 11.3 Å². The fourth-order valence-corrected chi connectivity index (χ4v) is 3.46. The molecule has 1 N–H and O–H groups in total. The van der Waals surface area contributed by atoms with Crippen LogP contribution in [0.2, 0.25) is 0 Å². The number of hydrogen-bond donors (Lipinski definition) is 1. The molecule has 3 rings (SSSR count). The Morgan fingerprint density at radius 2 is 1.86 bits per heavy atom. The van der Waals surface area contributed by atoms with Gasteiger partial charge in [0, 0.05) is 0 Å². The van der Waals surface area contributed by atoms with E-state index in [-0.39, 0.29) is 5.56 Å². The van der Waals surface area contributed by atoms with Crippen molar-refractivity contribution < 1.29 is 28.5 Å². The van der Waals surface area contributed by atoms with Crippen LogP contribution in [-0.4, -0.2) is 44.3 Å². The number of esters is 1. The maximum Gasteiger partial charge on any atom is 0.338 e. The molecule has 9 heteroatoms. The van der Waals surface area contributed by atoms with Gasteiger partial charge in [0.2, 0.25) is 0 Å². The molecule has 8 nitrogen and oxygen atoms in total. The molecule has 1 heterocycles. The number of carbonyl (C=O) groups excluding carboxylic acids is 2. The van der Waals surface area contributed by atoms with Gasteiger partial charge in [-0.2, -0.15) is 0 Å². The predicted molar refractivity (Wildman–Crippen MR) is 109 cm³/mol. The van der Waals surface area contributed by atoms with Crippen LogP contribution in [-0.2, 0) is 9.53 Å². The molecular weight excluding hydrogens is 396 g/mol. The topological polar surface area (TPSA) is 96.0 Å². The molecule has 0 fully saturated rings. The summed E-state index contributed by atoms with van der Waals surface area (Å²) in [6, 6.07) is 10.1. The van der Waals surface area contributed by atoms with Crippen LogP contribution in [0.4, 0.5) is 5.13 Å². The van der Waals surface area contributed by atoms with Crippen LogP contribution in [0.5, 0.6) is 17.2 Å². The van der Waals surface area contributed by atoms with Crippen molar-refractivity contribution in [1.82, 2.24) is 4.98 Å². The molecule has 29 heavy (non-hydrogen) atoms. The zero-order chi connectivity index (χ0) is 20.8. The number of thiazole rings is 1. The van der Waals surface area contributed by atoms with Gasteiger partial charge in [0.25, 0.3) is 5.91 Å². The molecule has 3 aromatic rings. The fraction of sp³-hybridized carbons (Fsp3) is 0.250. The Kier molecular flexibility index (Phi) is 6.50. The largest absolute Gasteiger partial charge is 0.494 e. The number of aromatic nitrogens is 1. The molecule has 0 saturated carbocycles. The zero-order valence-electron chi connectivity index (χ0n) is 16.2. The normalized spacial score (nSPS) is 10.4. The summed E-state index contributed by atoms with van der Waals surface area (Å²) in [7, 11) is 2.97. The number of nitrogens with zero attached hydrogens (tertiary/aromatic N) is 1. The van der Waals surface area contributed by atoms with Crippen LogP contribution in [0.3, 0.4) is 0 Å². The van der Waals surface area contributed by atoms with E-state index in [2.05, 4.69) is 10.3 Å². The van der Waals surface area contributed by atoms with E-state index >= 15 is 0 Å². The van der Waals surface area contributed by atoms with E-state index in [0.29, 0.717) is 23.2 Å². The Morgan fingerprint density at radius 3 is 2.59 bits per heavy atom. The third-order valence-electron chi connectivity index (χ3n) is 3.87. The van der Waals surface area contributed by atoms with Gasteiger partial charge in [-0.3, -0.25) is 10.1 Å². The Hall–Kier alpha value is -3.33. The van der Waals surface area contributed by atoms with Crippen molar-refractivity contribution in [3.8, 4) is 17.2 Å². The predicted octanol–water partition coefficient (Wildman–Crippen LogP) is 3.51. The van der Waals surface area contributed by atoms with Crippen LogP contribution < -0.4 is 19.5 Å². The Bertz CT molecular complexity index is 1030. The summed E-state index contributed by atoms with van der Waals surface area (Å²) >= 11 is 1.31. The number of hydrogen-bond acceptors (Lipinski definition) is 8. The monoisotopic (exact) mass is 416 g/mol. The summed E-state index contributed by atoms with van der Waals surface area (Å²) in [4.78, 5) is 28.7. The quantitative estimate of drug-likeness (QED) is 0.561. The van der Waals surface area contributed by atoms with E-state index in [1.807, 2.05) is 25.1 Å². The Labute approximate surface area is 171 Å². The van der Waals surface area contributed by atoms with Gasteiger partial charge >= 0.3 is 5.97 Å². The Morgan fingerprint density at radius 1 is 1.07 bits per heavy atom.